The second kappa shape index (κ2) is 6.39. The summed E-state index contributed by atoms with van der Waals surface area (Å²) in [7, 11) is 0. The fourth-order valence-electron chi connectivity index (χ4n) is 2.82. The SMILES string of the molecule is CCC1CCC(O)(CNc2ccc([N+](=O)[O-])cc2F)CC1. The zero-order valence-electron chi connectivity index (χ0n) is 12.1. The maximum Gasteiger partial charge on any atom is 0.272 e. The van der Waals surface area contributed by atoms with Crippen LogP contribution < -0.4 is 5.32 Å². The van der Waals surface area contributed by atoms with E-state index >= 15 is 0 Å². The van der Waals surface area contributed by atoms with Crippen LogP contribution in [-0.4, -0.2) is 22.2 Å². The molecule has 2 N–H and O–H groups in total. The highest BCUT2D eigenvalue weighted by atomic mass is 19.1. The molecule has 2 rings (SSSR count). The summed E-state index contributed by atoms with van der Waals surface area (Å²) >= 11 is 0. The molecule has 1 fully saturated rings. The molecule has 21 heavy (non-hydrogen) atoms. The first-order chi connectivity index (χ1) is 9.93. The van der Waals surface area contributed by atoms with Crippen molar-refractivity contribution in [2.75, 3.05) is 11.9 Å². The number of hydrogen-bond donors (Lipinski definition) is 2. The first-order valence-electron chi connectivity index (χ1n) is 7.34. The van der Waals surface area contributed by atoms with Crippen molar-refractivity contribution >= 4 is 11.4 Å². The minimum absolute atomic E-state index is 0.187. The molecule has 0 spiro atoms. The number of nitro benzene ring substituents is 1. The largest absolute Gasteiger partial charge is 0.388 e. The molecule has 1 saturated carbocycles. The number of anilines is 1. The van der Waals surface area contributed by atoms with Gasteiger partial charge in [-0.15, -0.1) is 0 Å². The van der Waals surface area contributed by atoms with Gasteiger partial charge in [0.15, 0.2) is 5.82 Å². The van der Waals surface area contributed by atoms with Gasteiger partial charge in [0.2, 0.25) is 0 Å². The maximum atomic E-state index is 13.8. The molecule has 0 saturated heterocycles. The van der Waals surface area contributed by atoms with Crippen molar-refractivity contribution in [2.24, 2.45) is 5.92 Å². The van der Waals surface area contributed by atoms with Gasteiger partial charge in [0.1, 0.15) is 0 Å². The molecule has 116 valence electrons. The van der Waals surface area contributed by atoms with E-state index in [9.17, 15) is 19.6 Å². The standard InChI is InChI=1S/C15H21FN2O3/c1-2-11-5-7-15(19,8-6-11)10-17-14-4-3-12(18(20)21)9-13(14)16/h3-4,9,11,17,19H,2,5-8,10H2,1H3. The van der Waals surface area contributed by atoms with E-state index < -0.39 is 16.3 Å². The molecule has 0 aliphatic heterocycles. The second-order valence-electron chi connectivity index (χ2n) is 5.85. The minimum Gasteiger partial charge on any atom is -0.388 e. The van der Waals surface area contributed by atoms with Crippen molar-refractivity contribution < 1.29 is 14.4 Å². The Morgan fingerprint density at radius 1 is 1.48 bits per heavy atom. The molecule has 1 aliphatic carbocycles. The average Bonchev–Trinajstić information content (AvgIpc) is 2.46. The van der Waals surface area contributed by atoms with Crippen molar-refractivity contribution in [3.8, 4) is 0 Å². The molecule has 5 nitrogen and oxygen atoms in total. The van der Waals surface area contributed by atoms with Crippen molar-refractivity contribution in [3.63, 3.8) is 0 Å². The third-order valence-electron chi connectivity index (χ3n) is 4.38. The molecule has 1 aliphatic rings. The van der Waals surface area contributed by atoms with Gasteiger partial charge in [-0.05, 0) is 37.7 Å². The van der Waals surface area contributed by atoms with Gasteiger partial charge in [0.25, 0.3) is 5.69 Å². The van der Waals surface area contributed by atoms with Crippen LogP contribution in [-0.2, 0) is 0 Å². The van der Waals surface area contributed by atoms with Crippen LogP contribution in [0.3, 0.4) is 0 Å². The lowest BCUT2D eigenvalue weighted by atomic mass is 9.78. The summed E-state index contributed by atoms with van der Waals surface area (Å²) in [6, 6.07) is 3.48. The number of rotatable bonds is 5. The number of nitrogens with zero attached hydrogens (tertiary/aromatic N) is 1. The molecule has 0 unspecified atom stereocenters. The van der Waals surface area contributed by atoms with Crippen LogP contribution >= 0.6 is 0 Å². The van der Waals surface area contributed by atoms with Gasteiger partial charge < -0.3 is 10.4 Å². The molecule has 0 atom stereocenters. The average molecular weight is 296 g/mol. The van der Waals surface area contributed by atoms with E-state index in [1.165, 1.54) is 12.1 Å². The lowest BCUT2D eigenvalue weighted by Crippen LogP contribution is -2.40. The molecule has 0 heterocycles. The van der Waals surface area contributed by atoms with E-state index in [0.29, 0.717) is 18.8 Å². The van der Waals surface area contributed by atoms with E-state index in [0.717, 1.165) is 25.3 Å². The van der Waals surface area contributed by atoms with Crippen LogP contribution in [0.25, 0.3) is 0 Å². The second-order valence-corrected chi connectivity index (χ2v) is 5.85. The summed E-state index contributed by atoms with van der Waals surface area (Å²) in [5, 5.41) is 23.9. The van der Waals surface area contributed by atoms with Gasteiger partial charge >= 0.3 is 0 Å². The van der Waals surface area contributed by atoms with E-state index in [4.69, 9.17) is 0 Å². The highest BCUT2D eigenvalue weighted by molar-refractivity contribution is 5.50. The summed E-state index contributed by atoms with van der Waals surface area (Å²) in [4.78, 5) is 9.93. The fraction of sp³-hybridized carbons (Fsp3) is 0.600. The zero-order chi connectivity index (χ0) is 15.5. The summed E-state index contributed by atoms with van der Waals surface area (Å²) in [5.74, 6) is -0.00331. The Morgan fingerprint density at radius 2 is 2.14 bits per heavy atom. The molecule has 0 bridgehead atoms. The molecule has 6 heteroatoms. The van der Waals surface area contributed by atoms with Crippen LogP contribution in [0, 0.1) is 21.8 Å². The molecule has 1 aromatic rings. The molecule has 0 aromatic heterocycles. The van der Waals surface area contributed by atoms with Crippen molar-refractivity contribution in [1.29, 1.82) is 0 Å². The first-order valence-corrected chi connectivity index (χ1v) is 7.34. The first kappa shape index (κ1) is 15.7. The molecule has 0 radical (unpaired) electrons. The van der Waals surface area contributed by atoms with E-state index in [-0.39, 0.29) is 17.9 Å². The topological polar surface area (TPSA) is 75.4 Å². The Bertz CT molecular complexity index is 514. The lowest BCUT2D eigenvalue weighted by Gasteiger charge is -2.36. The summed E-state index contributed by atoms with van der Waals surface area (Å²) < 4.78 is 13.8. The Balaban J connectivity index is 1.95. The number of hydrogen-bond acceptors (Lipinski definition) is 4. The predicted molar refractivity (Wildman–Crippen MR) is 78.7 cm³/mol. The van der Waals surface area contributed by atoms with Crippen LogP contribution in [0.15, 0.2) is 18.2 Å². The van der Waals surface area contributed by atoms with Gasteiger partial charge in [0, 0.05) is 12.6 Å². The predicted octanol–water partition coefficient (Wildman–Crippen LogP) is 3.48. The highest BCUT2D eigenvalue weighted by Gasteiger charge is 2.32. The summed E-state index contributed by atoms with van der Waals surface area (Å²) in [6.07, 6.45) is 4.50. The Labute approximate surface area is 123 Å². The van der Waals surface area contributed by atoms with Gasteiger partial charge in [-0.3, -0.25) is 10.1 Å². The number of nitrogens with one attached hydrogen (secondary N) is 1. The fourth-order valence-corrected chi connectivity index (χ4v) is 2.82. The molecule has 1 aromatic carbocycles. The normalized spacial score (nSPS) is 25.6. The van der Waals surface area contributed by atoms with Crippen LogP contribution in [0.5, 0.6) is 0 Å². The van der Waals surface area contributed by atoms with Gasteiger partial charge in [-0.25, -0.2) is 4.39 Å². The van der Waals surface area contributed by atoms with Crippen molar-refractivity contribution in [3.05, 3.63) is 34.1 Å². The van der Waals surface area contributed by atoms with E-state index in [1.54, 1.807) is 0 Å². The lowest BCUT2D eigenvalue weighted by molar-refractivity contribution is -0.385. The van der Waals surface area contributed by atoms with Gasteiger partial charge in [0.05, 0.1) is 22.3 Å². The van der Waals surface area contributed by atoms with Crippen molar-refractivity contribution in [1.82, 2.24) is 0 Å². The van der Waals surface area contributed by atoms with Crippen LogP contribution in [0.4, 0.5) is 15.8 Å². The summed E-state index contributed by atoms with van der Waals surface area (Å²) in [5.41, 5.74) is -0.910. The third-order valence-corrected chi connectivity index (χ3v) is 4.38. The molecule has 0 amide bonds. The smallest absolute Gasteiger partial charge is 0.272 e. The number of aliphatic hydroxyl groups is 1. The maximum absolute atomic E-state index is 13.8. The minimum atomic E-state index is -0.820. The number of non-ortho nitro benzene ring substituents is 1. The van der Waals surface area contributed by atoms with Gasteiger partial charge in [-0.1, -0.05) is 13.3 Å². The Hall–Kier alpha value is -1.69. The van der Waals surface area contributed by atoms with Crippen LogP contribution in [0.1, 0.15) is 39.0 Å². The number of benzene rings is 1. The number of nitro groups is 1. The van der Waals surface area contributed by atoms with Crippen LogP contribution in [0.2, 0.25) is 0 Å². The van der Waals surface area contributed by atoms with E-state index in [2.05, 4.69) is 12.2 Å². The zero-order valence-corrected chi connectivity index (χ0v) is 12.1. The number of halogens is 1. The van der Waals surface area contributed by atoms with Crippen molar-refractivity contribution in [2.45, 2.75) is 44.6 Å². The monoisotopic (exact) mass is 296 g/mol. The molecular formula is C15H21FN2O3. The highest BCUT2D eigenvalue weighted by Crippen LogP contribution is 2.34. The third kappa shape index (κ3) is 3.91. The Morgan fingerprint density at radius 3 is 2.67 bits per heavy atom. The van der Waals surface area contributed by atoms with E-state index in [1.807, 2.05) is 0 Å². The van der Waals surface area contributed by atoms with Gasteiger partial charge in [-0.2, -0.15) is 0 Å². The quantitative estimate of drug-likeness (QED) is 0.644. The Kier molecular flexibility index (Phi) is 4.77. The summed E-state index contributed by atoms with van der Waals surface area (Å²) in [6.45, 7) is 2.41. The molecular weight excluding hydrogens is 275 g/mol.